The number of carbonyl (C=O) groups is 2. The van der Waals surface area contributed by atoms with Crippen LogP contribution in [-0.2, 0) is 0 Å². The highest BCUT2D eigenvalue weighted by atomic mass is 32.1. The monoisotopic (exact) mass is 236 g/mol. The number of carbonyl (C=O) groups excluding carboxylic acids is 2. The fourth-order valence-electron chi connectivity index (χ4n) is 0.947. The summed E-state index contributed by atoms with van der Waals surface area (Å²) in [4.78, 5) is 27.5. The third-order valence-corrected chi connectivity index (χ3v) is 2.58. The highest BCUT2D eigenvalue weighted by Crippen LogP contribution is 2.02. The Morgan fingerprint density at radius 2 is 2.06 bits per heavy atom. The lowest BCUT2D eigenvalue weighted by atomic mass is 10.3. The average molecular weight is 236 g/mol. The zero-order valence-corrected chi connectivity index (χ0v) is 9.88. The van der Waals surface area contributed by atoms with E-state index in [4.69, 9.17) is 0 Å². The third kappa shape index (κ3) is 3.78. The van der Waals surface area contributed by atoms with Gasteiger partial charge in [0, 0.05) is 31.6 Å². The van der Waals surface area contributed by atoms with Gasteiger partial charge in [0.15, 0.2) is 16.6 Å². The normalized spacial score (nSPS) is 9.12. The van der Waals surface area contributed by atoms with E-state index in [1.807, 2.05) is 0 Å². The molecular weight excluding hydrogens is 224 g/mol. The first kappa shape index (κ1) is 12.3. The molecule has 4 nitrogen and oxygen atoms in total. The Morgan fingerprint density at radius 3 is 2.31 bits per heavy atom. The number of ketones is 2. The van der Waals surface area contributed by atoms with E-state index in [0.29, 0.717) is 10.7 Å². The molecule has 0 aliphatic rings. The van der Waals surface area contributed by atoms with Gasteiger partial charge >= 0.3 is 0 Å². The SMILES string of the molecule is CC(=O)c1ccc[nH]1.CC(=O)c1nccs1. The van der Waals surface area contributed by atoms with Gasteiger partial charge in [-0.15, -0.1) is 11.3 Å². The lowest BCUT2D eigenvalue weighted by molar-refractivity contribution is 0.100. The van der Waals surface area contributed by atoms with E-state index in [1.54, 1.807) is 29.9 Å². The van der Waals surface area contributed by atoms with Gasteiger partial charge in [0.2, 0.25) is 0 Å². The molecule has 0 amide bonds. The first-order valence-electron chi connectivity index (χ1n) is 4.66. The molecule has 2 aromatic rings. The second kappa shape index (κ2) is 5.97. The summed E-state index contributed by atoms with van der Waals surface area (Å²) in [5, 5.41) is 2.38. The van der Waals surface area contributed by atoms with Crippen LogP contribution in [0.4, 0.5) is 0 Å². The summed E-state index contributed by atoms with van der Waals surface area (Å²) >= 11 is 1.37. The summed E-state index contributed by atoms with van der Waals surface area (Å²) < 4.78 is 0. The Kier molecular flexibility index (Phi) is 4.60. The second-order valence-electron chi connectivity index (χ2n) is 3.03. The molecular formula is C11H12N2O2S. The Bertz CT molecular complexity index is 402. The van der Waals surface area contributed by atoms with Crippen LogP contribution in [0.2, 0.25) is 0 Å². The molecule has 16 heavy (non-hydrogen) atoms. The van der Waals surface area contributed by atoms with Crippen molar-refractivity contribution < 1.29 is 9.59 Å². The second-order valence-corrected chi connectivity index (χ2v) is 3.93. The maximum Gasteiger partial charge on any atom is 0.188 e. The van der Waals surface area contributed by atoms with Crippen LogP contribution in [0.15, 0.2) is 29.9 Å². The Labute approximate surface area is 97.3 Å². The molecule has 0 fully saturated rings. The summed E-state index contributed by atoms with van der Waals surface area (Å²) in [6.07, 6.45) is 3.36. The van der Waals surface area contributed by atoms with Crippen molar-refractivity contribution in [3.05, 3.63) is 40.6 Å². The van der Waals surface area contributed by atoms with Crippen LogP contribution in [0, 0.1) is 0 Å². The lowest BCUT2D eigenvalue weighted by Crippen LogP contribution is -1.89. The minimum atomic E-state index is 0.0417. The van der Waals surface area contributed by atoms with Gasteiger partial charge in [0.1, 0.15) is 0 Å². The van der Waals surface area contributed by atoms with Crippen molar-refractivity contribution in [3.8, 4) is 0 Å². The van der Waals surface area contributed by atoms with Gasteiger partial charge in [-0.1, -0.05) is 0 Å². The number of aromatic nitrogens is 2. The van der Waals surface area contributed by atoms with E-state index >= 15 is 0 Å². The summed E-state index contributed by atoms with van der Waals surface area (Å²) in [5.41, 5.74) is 0.671. The fourth-order valence-corrected chi connectivity index (χ4v) is 1.48. The van der Waals surface area contributed by atoms with Gasteiger partial charge in [0.05, 0.1) is 5.69 Å². The van der Waals surface area contributed by atoms with Crippen molar-refractivity contribution in [2.45, 2.75) is 13.8 Å². The number of nitrogens with one attached hydrogen (secondary N) is 1. The van der Waals surface area contributed by atoms with Crippen molar-refractivity contribution in [1.82, 2.24) is 9.97 Å². The summed E-state index contributed by atoms with van der Waals surface area (Å²) in [5.74, 6) is 0.120. The van der Waals surface area contributed by atoms with Gasteiger partial charge < -0.3 is 4.98 Å². The smallest absolute Gasteiger partial charge is 0.188 e. The van der Waals surface area contributed by atoms with Crippen molar-refractivity contribution in [3.63, 3.8) is 0 Å². The molecule has 2 aromatic heterocycles. The number of nitrogens with zero attached hydrogens (tertiary/aromatic N) is 1. The van der Waals surface area contributed by atoms with Gasteiger partial charge in [-0.25, -0.2) is 4.98 Å². The number of thiazole rings is 1. The predicted octanol–water partition coefficient (Wildman–Crippen LogP) is 2.56. The first-order valence-corrected chi connectivity index (χ1v) is 5.54. The molecule has 0 spiro atoms. The van der Waals surface area contributed by atoms with Gasteiger partial charge in [-0.3, -0.25) is 9.59 Å². The van der Waals surface area contributed by atoms with Crippen LogP contribution in [0.25, 0.3) is 0 Å². The minimum Gasteiger partial charge on any atom is -0.359 e. The lowest BCUT2D eigenvalue weighted by Gasteiger charge is -1.81. The molecule has 0 aliphatic heterocycles. The molecule has 5 heteroatoms. The Balaban J connectivity index is 0.000000160. The molecule has 0 radical (unpaired) electrons. The van der Waals surface area contributed by atoms with E-state index < -0.39 is 0 Å². The Morgan fingerprint density at radius 1 is 1.31 bits per heavy atom. The molecule has 2 rings (SSSR count). The largest absolute Gasteiger partial charge is 0.359 e. The highest BCUT2D eigenvalue weighted by Gasteiger charge is 1.97. The van der Waals surface area contributed by atoms with Crippen LogP contribution in [0.5, 0.6) is 0 Å². The average Bonchev–Trinajstić information content (AvgIpc) is 2.93. The van der Waals surface area contributed by atoms with Crippen LogP contribution in [0.3, 0.4) is 0 Å². The summed E-state index contributed by atoms with van der Waals surface area (Å²) in [7, 11) is 0. The molecule has 0 unspecified atom stereocenters. The van der Waals surface area contributed by atoms with Crippen LogP contribution >= 0.6 is 11.3 Å². The summed E-state index contributed by atoms with van der Waals surface area (Å²) in [6.45, 7) is 3.05. The Hall–Kier alpha value is -1.75. The quantitative estimate of drug-likeness (QED) is 0.815. The molecule has 2 heterocycles. The van der Waals surface area contributed by atoms with Crippen molar-refractivity contribution in [1.29, 1.82) is 0 Å². The predicted molar refractivity (Wildman–Crippen MR) is 62.9 cm³/mol. The van der Waals surface area contributed by atoms with Gasteiger partial charge in [-0.05, 0) is 12.1 Å². The molecule has 0 saturated carbocycles. The molecule has 1 N–H and O–H groups in total. The molecule has 0 atom stereocenters. The number of Topliss-reactive ketones (excluding diaryl/α,β-unsaturated/α-hetero) is 2. The molecule has 0 aliphatic carbocycles. The third-order valence-electron chi connectivity index (χ3n) is 1.71. The van der Waals surface area contributed by atoms with Crippen LogP contribution in [0.1, 0.15) is 34.1 Å². The number of rotatable bonds is 2. The highest BCUT2D eigenvalue weighted by molar-refractivity contribution is 7.11. The van der Waals surface area contributed by atoms with Gasteiger partial charge in [0.25, 0.3) is 0 Å². The van der Waals surface area contributed by atoms with E-state index in [0.717, 1.165) is 0 Å². The topological polar surface area (TPSA) is 62.8 Å². The molecule has 0 bridgehead atoms. The van der Waals surface area contributed by atoms with E-state index in [2.05, 4.69) is 9.97 Å². The number of aromatic amines is 1. The molecule has 84 valence electrons. The van der Waals surface area contributed by atoms with E-state index in [9.17, 15) is 9.59 Å². The van der Waals surface area contributed by atoms with E-state index in [-0.39, 0.29) is 11.6 Å². The number of H-pyrrole nitrogens is 1. The summed E-state index contributed by atoms with van der Waals surface area (Å²) in [6, 6.07) is 3.55. The maximum atomic E-state index is 10.5. The van der Waals surface area contributed by atoms with Crippen LogP contribution in [-0.4, -0.2) is 21.5 Å². The minimum absolute atomic E-state index is 0.0417. The van der Waals surface area contributed by atoms with Crippen molar-refractivity contribution in [2.24, 2.45) is 0 Å². The zero-order valence-electron chi connectivity index (χ0n) is 9.06. The first-order chi connectivity index (χ1) is 7.61. The van der Waals surface area contributed by atoms with Crippen LogP contribution < -0.4 is 0 Å². The van der Waals surface area contributed by atoms with Crippen molar-refractivity contribution >= 4 is 22.9 Å². The zero-order chi connectivity index (χ0) is 12.0. The number of hydrogen-bond acceptors (Lipinski definition) is 4. The molecule has 0 saturated heterocycles. The fraction of sp³-hybridized carbons (Fsp3) is 0.182. The van der Waals surface area contributed by atoms with E-state index in [1.165, 1.54) is 25.2 Å². The molecule has 0 aromatic carbocycles. The standard InChI is InChI=1S/C6H7NO.C5H5NOS/c1-5(8)6-3-2-4-7-6;1-4(7)5-6-2-3-8-5/h2-4,7H,1H3;2-3H,1H3. The maximum absolute atomic E-state index is 10.5. The van der Waals surface area contributed by atoms with Gasteiger partial charge in [-0.2, -0.15) is 0 Å². The van der Waals surface area contributed by atoms with Crippen molar-refractivity contribution in [2.75, 3.05) is 0 Å². The number of hydrogen-bond donors (Lipinski definition) is 1.